The first-order chi connectivity index (χ1) is 11.8. The summed E-state index contributed by atoms with van der Waals surface area (Å²) in [6.45, 7) is 0. The molecule has 0 aliphatic heterocycles. The van der Waals surface area contributed by atoms with Crippen LogP contribution in [0.4, 0.5) is 5.00 Å². The van der Waals surface area contributed by atoms with Crippen molar-refractivity contribution in [1.29, 1.82) is 0 Å². The van der Waals surface area contributed by atoms with Crippen LogP contribution in [0.1, 0.15) is 36.0 Å². The molecular formula is C17H16BrNO5S. The number of ether oxygens (including phenoxy) is 2. The van der Waals surface area contributed by atoms with Gasteiger partial charge >= 0.3 is 11.9 Å². The number of benzene rings is 1. The highest BCUT2D eigenvalue weighted by atomic mass is 79.9. The maximum atomic E-state index is 13.1. The molecule has 0 N–H and O–H groups in total. The van der Waals surface area contributed by atoms with Crippen LogP contribution in [0.3, 0.4) is 0 Å². The number of thiophene rings is 1. The number of nitrogens with zero attached hydrogens (tertiary/aromatic N) is 1. The molecule has 0 atom stereocenters. The molecule has 1 aromatic carbocycles. The summed E-state index contributed by atoms with van der Waals surface area (Å²) in [5, 5.41) is 0.480. The molecule has 1 aromatic heterocycles. The molecule has 132 valence electrons. The minimum Gasteiger partial charge on any atom is -0.465 e. The van der Waals surface area contributed by atoms with Gasteiger partial charge in [-0.1, -0.05) is 15.9 Å². The Kier molecular flexibility index (Phi) is 5.97. The summed E-state index contributed by atoms with van der Waals surface area (Å²) in [7, 11) is 5.87. The Balaban J connectivity index is 2.74. The van der Waals surface area contributed by atoms with Crippen LogP contribution in [0.2, 0.25) is 0 Å². The highest BCUT2D eigenvalue weighted by Gasteiger charge is 2.33. The van der Waals surface area contributed by atoms with Gasteiger partial charge in [0.05, 0.1) is 25.3 Å². The molecule has 0 unspecified atom stereocenters. The molecule has 0 amide bonds. The summed E-state index contributed by atoms with van der Waals surface area (Å²) in [5.41, 5.74) is 0.450. The number of halogens is 1. The number of methoxy groups -OCH3 is 2. The lowest BCUT2D eigenvalue weighted by molar-refractivity contribution is 0.0558. The Labute approximate surface area is 157 Å². The maximum Gasteiger partial charge on any atom is 0.349 e. The number of hydrogen-bond acceptors (Lipinski definition) is 7. The maximum absolute atomic E-state index is 13.1. The van der Waals surface area contributed by atoms with Crippen LogP contribution in [0, 0.1) is 0 Å². The number of carbonyl (C=O) groups is 3. The molecular weight excluding hydrogens is 410 g/mol. The average molecular weight is 426 g/mol. The third-order valence-electron chi connectivity index (χ3n) is 3.39. The van der Waals surface area contributed by atoms with Gasteiger partial charge in [0.2, 0.25) is 0 Å². The zero-order valence-electron chi connectivity index (χ0n) is 14.1. The fourth-order valence-electron chi connectivity index (χ4n) is 2.22. The van der Waals surface area contributed by atoms with E-state index in [1.807, 2.05) is 0 Å². The van der Waals surface area contributed by atoms with E-state index >= 15 is 0 Å². The van der Waals surface area contributed by atoms with Crippen LogP contribution in [0.15, 0.2) is 28.7 Å². The average Bonchev–Trinajstić information content (AvgIpc) is 3.01. The summed E-state index contributed by atoms with van der Waals surface area (Å²) in [6.07, 6.45) is 0. The van der Waals surface area contributed by atoms with Gasteiger partial charge in [-0.3, -0.25) is 4.79 Å². The Morgan fingerprint density at radius 1 is 0.960 bits per heavy atom. The fourth-order valence-corrected chi connectivity index (χ4v) is 3.61. The summed E-state index contributed by atoms with van der Waals surface area (Å²) in [4.78, 5) is 39.2. The molecule has 0 fully saturated rings. The van der Waals surface area contributed by atoms with Gasteiger partial charge in [-0.15, -0.1) is 11.3 Å². The second kappa shape index (κ2) is 7.79. The summed E-state index contributed by atoms with van der Waals surface area (Å²) >= 11 is 4.33. The largest absolute Gasteiger partial charge is 0.465 e. The first-order valence-corrected chi connectivity index (χ1v) is 8.73. The molecule has 0 radical (unpaired) electrons. The van der Waals surface area contributed by atoms with Crippen LogP contribution in [0.5, 0.6) is 0 Å². The van der Waals surface area contributed by atoms with Gasteiger partial charge < -0.3 is 14.4 Å². The van der Waals surface area contributed by atoms with Crippen LogP contribution in [0.25, 0.3) is 0 Å². The zero-order valence-corrected chi connectivity index (χ0v) is 16.5. The first-order valence-electron chi connectivity index (χ1n) is 7.12. The normalized spacial score (nSPS) is 10.3. The Bertz CT molecular complexity index is 826. The first kappa shape index (κ1) is 19.1. The van der Waals surface area contributed by atoms with Gasteiger partial charge in [0.15, 0.2) is 5.78 Å². The van der Waals surface area contributed by atoms with Gasteiger partial charge in [-0.25, -0.2) is 9.59 Å². The van der Waals surface area contributed by atoms with Gasteiger partial charge in [-0.05, 0) is 24.3 Å². The Morgan fingerprint density at radius 3 is 2.00 bits per heavy atom. The molecule has 25 heavy (non-hydrogen) atoms. The summed E-state index contributed by atoms with van der Waals surface area (Å²) < 4.78 is 10.4. The van der Waals surface area contributed by atoms with E-state index in [4.69, 9.17) is 9.47 Å². The SMILES string of the molecule is COC(=O)c1sc(N(C)C)c(C(=O)c2ccc(Br)cc2)c1C(=O)OC. The molecule has 8 heteroatoms. The second-order valence-electron chi connectivity index (χ2n) is 5.20. The van der Waals surface area contributed by atoms with Crippen molar-refractivity contribution >= 4 is 50.0 Å². The van der Waals surface area contributed by atoms with Crippen LogP contribution >= 0.6 is 27.3 Å². The van der Waals surface area contributed by atoms with Gasteiger partial charge in [0.25, 0.3) is 0 Å². The van der Waals surface area contributed by atoms with Gasteiger partial charge in [-0.2, -0.15) is 0 Å². The van der Waals surface area contributed by atoms with E-state index in [2.05, 4.69) is 15.9 Å². The van der Waals surface area contributed by atoms with E-state index in [0.717, 1.165) is 15.8 Å². The van der Waals surface area contributed by atoms with Crippen molar-refractivity contribution in [3.05, 3.63) is 50.3 Å². The molecule has 0 saturated carbocycles. The minimum absolute atomic E-state index is 0.0403. The minimum atomic E-state index is -0.759. The van der Waals surface area contributed by atoms with Crippen molar-refractivity contribution in [3.8, 4) is 0 Å². The molecule has 2 rings (SSSR count). The fraction of sp³-hybridized carbons (Fsp3) is 0.235. The standard InChI is InChI=1S/C17H16BrNO5S/c1-19(2)15-11(13(20)9-5-7-10(18)8-6-9)12(16(21)23-3)14(25-15)17(22)24-4/h5-8H,1-4H3. The smallest absolute Gasteiger partial charge is 0.349 e. The number of ketones is 1. The van der Waals surface area contributed by atoms with Crippen LogP contribution in [-0.4, -0.2) is 46.0 Å². The molecule has 0 saturated heterocycles. The van der Waals surface area contributed by atoms with Crippen LogP contribution in [-0.2, 0) is 9.47 Å². The van der Waals surface area contributed by atoms with E-state index in [9.17, 15) is 14.4 Å². The predicted molar refractivity (Wildman–Crippen MR) is 98.9 cm³/mol. The van der Waals surface area contributed by atoms with Gasteiger partial charge in [0.1, 0.15) is 9.88 Å². The lowest BCUT2D eigenvalue weighted by Crippen LogP contribution is -2.17. The number of anilines is 1. The van der Waals surface area contributed by atoms with E-state index in [0.29, 0.717) is 10.6 Å². The van der Waals surface area contributed by atoms with Crippen molar-refractivity contribution in [2.45, 2.75) is 0 Å². The predicted octanol–water partition coefficient (Wildman–Crippen LogP) is 3.38. The van der Waals surface area contributed by atoms with E-state index in [-0.39, 0.29) is 21.8 Å². The summed E-state index contributed by atoms with van der Waals surface area (Å²) in [6, 6.07) is 6.74. The highest BCUT2D eigenvalue weighted by Crippen LogP contribution is 2.38. The van der Waals surface area contributed by atoms with E-state index in [1.54, 1.807) is 43.3 Å². The highest BCUT2D eigenvalue weighted by molar-refractivity contribution is 9.10. The molecule has 0 aliphatic rings. The van der Waals surface area contributed by atoms with E-state index in [1.165, 1.54) is 14.2 Å². The number of rotatable bonds is 5. The van der Waals surface area contributed by atoms with Crippen molar-refractivity contribution in [1.82, 2.24) is 0 Å². The number of hydrogen-bond donors (Lipinski definition) is 0. The summed E-state index contributed by atoms with van der Waals surface area (Å²) in [5.74, 6) is -1.82. The third-order valence-corrected chi connectivity index (χ3v) is 5.26. The lowest BCUT2D eigenvalue weighted by Gasteiger charge is -2.13. The monoisotopic (exact) mass is 425 g/mol. The molecule has 6 nitrogen and oxygen atoms in total. The van der Waals surface area contributed by atoms with Gasteiger partial charge in [0, 0.05) is 24.1 Å². The number of esters is 2. The molecule has 1 heterocycles. The molecule has 2 aromatic rings. The van der Waals surface area contributed by atoms with Crippen molar-refractivity contribution in [2.75, 3.05) is 33.2 Å². The Hall–Kier alpha value is -2.19. The Morgan fingerprint density at radius 2 is 1.52 bits per heavy atom. The quantitative estimate of drug-likeness (QED) is 0.539. The molecule has 0 spiro atoms. The van der Waals surface area contributed by atoms with Crippen molar-refractivity contribution < 1.29 is 23.9 Å². The number of carbonyl (C=O) groups excluding carboxylic acids is 3. The molecule has 0 bridgehead atoms. The second-order valence-corrected chi connectivity index (χ2v) is 7.11. The lowest BCUT2D eigenvalue weighted by atomic mass is 10.00. The zero-order chi connectivity index (χ0) is 18.7. The van der Waals surface area contributed by atoms with E-state index < -0.39 is 11.9 Å². The van der Waals surface area contributed by atoms with Crippen molar-refractivity contribution in [3.63, 3.8) is 0 Å². The topological polar surface area (TPSA) is 72.9 Å². The van der Waals surface area contributed by atoms with Crippen LogP contribution < -0.4 is 4.90 Å². The molecule has 0 aliphatic carbocycles. The third kappa shape index (κ3) is 3.74. The van der Waals surface area contributed by atoms with Crippen molar-refractivity contribution in [2.24, 2.45) is 0 Å².